The van der Waals surface area contributed by atoms with E-state index in [0.717, 1.165) is 57.7 Å². The van der Waals surface area contributed by atoms with Gasteiger partial charge >= 0.3 is 0 Å². The molecule has 2 aliphatic heterocycles. The van der Waals surface area contributed by atoms with Crippen LogP contribution in [0.2, 0.25) is 5.02 Å². The number of halogens is 1. The highest BCUT2D eigenvalue weighted by atomic mass is 35.5. The molecule has 0 saturated carbocycles. The predicted octanol–water partition coefficient (Wildman–Crippen LogP) is 2.86. The van der Waals surface area contributed by atoms with E-state index >= 15 is 0 Å². The van der Waals surface area contributed by atoms with E-state index in [4.69, 9.17) is 21.1 Å². The molecular weight excluding hydrogens is 392 g/mol. The van der Waals surface area contributed by atoms with E-state index in [9.17, 15) is 4.79 Å². The highest BCUT2D eigenvalue weighted by Gasteiger charge is 2.17. The third-order valence-electron chi connectivity index (χ3n) is 5.42. The van der Waals surface area contributed by atoms with Gasteiger partial charge in [-0.15, -0.1) is 0 Å². The van der Waals surface area contributed by atoms with Crippen molar-refractivity contribution in [2.24, 2.45) is 5.92 Å². The number of piperidine rings is 1. The number of aromatic nitrogens is 2. The van der Waals surface area contributed by atoms with Crippen LogP contribution in [0.5, 0.6) is 5.75 Å². The van der Waals surface area contributed by atoms with Gasteiger partial charge in [0.25, 0.3) is 5.56 Å². The average molecular weight is 419 g/mol. The Kier molecular flexibility index (Phi) is 6.69. The Hall–Kier alpha value is -2.09. The smallest absolute Gasteiger partial charge is 0.292 e. The van der Waals surface area contributed by atoms with Crippen molar-refractivity contribution in [2.75, 3.05) is 38.2 Å². The maximum absolute atomic E-state index is 12.7. The Bertz CT molecular complexity index is 859. The van der Waals surface area contributed by atoms with Gasteiger partial charge in [0, 0.05) is 13.2 Å². The van der Waals surface area contributed by atoms with Crippen molar-refractivity contribution in [3.05, 3.63) is 45.8 Å². The largest absolute Gasteiger partial charge is 0.490 e. The first-order valence-electron chi connectivity index (χ1n) is 10.3. The van der Waals surface area contributed by atoms with Crippen LogP contribution in [0.3, 0.4) is 0 Å². The van der Waals surface area contributed by atoms with E-state index in [-0.39, 0.29) is 16.7 Å². The monoisotopic (exact) mass is 418 g/mol. The van der Waals surface area contributed by atoms with Crippen LogP contribution in [0.4, 0.5) is 5.69 Å². The van der Waals surface area contributed by atoms with Gasteiger partial charge in [0.2, 0.25) is 0 Å². The van der Waals surface area contributed by atoms with Crippen LogP contribution in [0, 0.1) is 5.92 Å². The molecule has 4 rings (SSSR count). The van der Waals surface area contributed by atoms with Gasteiger partial charge in [0.1, 0.15) is 16.9 Å². The molecule has 2 fully saturated rings. The minimum Gasteiger partial charge on any atom is -0.490 e. The third kappa shape index (κ3) is 5.10. The van der Waals surface area contributed by atoms with E-state index in [2.05, 4.69) is 15.7 Å². The van der Waals surface area contributed by atoms with Gasteiger partial charge < -0.3 is 20.1 Å². The molecule has 0 bridgehead atoms. The Balaban J connectivity index is 1.42. The van der Waals surface area contributed by atoms with Crippen LogP contribution in [0.15, 0.2) is 35.3 Å². The van der Waals surface area contributed by atoms with Gasteiger partial charge in [-0.05, 0) is 69.0 Å². The molecular formula is C21H27ClN4O3. The van der Waals surface area contributed by atoms with Crippen molar-refractivity contribution in [3.63, 3.8) is 0 Å². The molecule has 0 spiro atoms. The fourth-order valence-corrected chi connectivity index (χ4v) is 3.93. The molecule has 0 unspecified atom stereocenters. The summed E-state index contributed by atoms with van der Waals surface area (Å²) >= 11 is 6.33. The standard InChI is InChI=1S/C21H27ClN4O3/c22-20-19(24-12-15-2-1-11-28-14-15)13-25-26(21(20)27)16-3-5-17(6-4-16)29-18-7-9-23-10-8-18/h3-6,13,15,18,23-24H,1-2,7-12,14H2/t15-/m1/s1. The maximum Gasteiger partial charge on any atom is 0.292 e. The minimum atomic E-state index is -0.344. The Morgan fingerprint density at radius 2 is 2.03 bits per heavy atom. The molecule has 1 aromatic heterocycles. The zero-order valence-corrected chi connectivity index (χ0v) is 17.2. The number of rotatable bonds is 6. The van der Waals surface area contributed by atoms with Crippen LogP contribution in [-0.2, 0) is 4.74 Å². The van der Waals surface area contributed by atoms with Crippen LogP contribution < -0.4 is 20.9 Å². The van der Waals surface area contributed by atoms with Crippen LogP contribution >= 0.6 is 11.6 Å². The van der Waals surface area contributed by atoms with Crippen LogP contribution in [0.1, 0.15) is 25.7 Å². The van der Waals surface area contributed by atoms with Crippen LogP contribution in [-0.4, -0.2) is 48.7 Å². The molecule has 0 radical (unpaired) electrons. The summed E-state index contributed by atoms with van der Waals surface area (Å²) in [5.41, 5.74) is 0.870. The molecule has 2 aliphatic rings. The lowest BCUT2D eigenvalue weighted by Crippen LogP contribution is -2.34. The summed E-state index contributed by atoms with van der Waals surface area (Å²) in [6, 6.07) is 7.39. The topological polar surface area (TPSA) is 77.4 Å². The first-order valence-corrected chi connectivity index (χ1v) is 10.7. The lowest BCUT2D eigenvalue weighted by atomic mass is 10.0. The zero-order valence-electron chi connectivity index (χ0n) is 16.4. The maximum atomic E-state index is 12.7. The van der Waals surface area contributed by atoms with Crippen molar-refractivity contribution in [2.45, 2.75) is 31.8 Å². The highest BCUT2D eigenvalue weighted by Crippen LogP contribution is 2.21. The number of hydrogen-bond acceptors (Lipinski definition) is 6. The summed E-state index contributed by atoms with van der Waals surface area (Å²) in [4.78, 5) is 12.7. The van der Waals surface area contributed by atoms with Gasteiger partial charge in [-0.25, -0.2) is 0 Å². The summed E-state index contributed by atoms with van der Waals surface area (Å²) in [5.74, 6) is 1.22. The number of hydrogen-bond donors (Lipinski definition) is 2. The molecule has 156 valence electrons. The zero-order chi connectivity index (χ0) is 20.1. The second-order valence-electron chi connectivity index (χ2n) is 7.61. The van der Waals surface area contributed by atoms with E-state index in [1.54, 1.807) is 6.20 Å². The van der Waals surface area contributed by atoms with E-state index < -0.39 is 0 Å². The molecule has 7 nitrogen and oxygen atoms in total. The first kappa shape index (κ1) is 20.2. The molecule has 2 N–H and O–H groups in total. The summed E-state index contributed by atoms with van der Waals surface area (Å²) in [6.45, 7) is 4.24. The molecule has 0 amide bonds. The molecule has 2 aromatic rings. The predicted molar refractivity (Wildman–Crippen MR) is 113 cm³/mol. The number of nitrogens with zero attached hydrogens (tertiary/aromatic N) is 2. The summed E-state index contributed by atoms with van der Waals surface area (Å²) in [6.07, 6.45) is 6.02. The SMILES string of the molecule is O=c1c(Cl)c(NC[C@H]2CCCOC2)cnn1-c1ccc(OC2CCNCC2)cc1. The molecule has 1 aromatic carbocycles. The van der Waals surface area contributed by atoms with Crippen LogP contribution in [0.25, 0.3) is 5.69 Å². The van der Waals surface area contributed by atoms with E-state index in [1.165, 1.54) is 4.68 Å². The van der Waals surface area contributed by atoms with E-state index in [1.807, 2.05) is 24.3 Å². The molecule has 2 saturated heterocycles. The van der Waals surface area contributed by atoms with Gasteiger partial charge in [0.15, 0.2) is 0 Å². The van der Waals surface area contributed by atoms with Crippen molar-refractivity contribution >= 4 is 17.3 Å². The molecule has 3 heterocycles. The lowest BCUT2D eigenvalue weighted by molar-refractivity contribution is 0.0595. The number of nitrogens with one attached hydrogen (secondary N) is 2. The fraction of sp³-hybridized carbons (Fsp3) is 0.524. The molecule has 1 atom stereocenters. The summed E-state index contributed by atoms with van der Waals surface area (Å²) in [5, 5.41) is 11.0. The second-order valence-corrected chi connectivity index (χ2v) is 7.99. The van der Waals surface area contributed by atoms with Gasteiger partial charge in [-0.3, -0.25) is 4.79 Å². The third-order valence-corrected chi connectivity index (χ3v) is 5.79. The second kappa shape index (κ2) is 9.61. The molecule has 0 aliphatic carbocycles. The Labute approximate surface area is 175 Å². The molecule has 29 heavy (non-hydrogen) atoms. The fourth-order valence-electron chi connectivity index (χ4n) is 3.73. The van der Waals surface area contributed by atoms with Gasteiger partial charge in [0.05, 0.1) is 24.2 Å². The quantitative estimate of drug-likeness (QED) is 0.751. The first-order chi connectivity index (χ1) is 14.2. The normalized spacial score (nSPS) is 20.4. The van der Waals surface area contributed by atoms with Crippen molar-refractivity contribution in [3.8, 4) is 11.4 Å². The molecule has 8 heteroatoms. The average Bonchev–Trinajstić information content (AvgIpc) is 2.77. The van der Waals surface area contributed by atoms with Crippen molar-refractivity contribution in [1.29, 1.82) is 0 Å². The van der Waals surface area contributed by atoms with E-state index in [0.29, 0.717) is 23.8 Å². The lowest BCUT2D eigenvalue weighted by Gasteiger charge is -2.24. The summed E-state index contributed by atoms with van der Waals surface area (Å²) in [7, 11) is 0. The van der Waals surface area contributed by atoms with Gasteiger partial charge in [-0.2, -0.15) is 9.78 Å². The van der Waals surface area contributed by atoms with Crippen molar-refractivity contribution in [1.82, 2.24) is 15.1 Å². The number of benzene rings is 1. The van der Waals surface area contributed by atoms with Gasteiger partial charge in [-0.1, -0.05) is 11.6 Å². The number of anilines is 1. The number of ether oxygens (including phenoxy) is 2. The Morgan fingerprint density at radius 3 is 2.76 bits per heavy atom. The highest BCUT2D eigenvalue weighted by molar-refractivity contribution is 6.32. The summed E-state index contributed by atoms with van der Waals surface area (Å²) < 4.78 is 12.8. The minimum absolute atomic E-state index is 0.145. The Morgan fingerprint density at radius 1 is 1.24 bits per heavy atom. The van der Waals surface area contributed by atoms with Crippen molar-refractivity contribution < 1.29 is 9.47 Å².